The van der Waals surface area contributed by atoms with Crippen LogP contribution in [0, 0.1) is 11.8 Å². The normalized spacial score (nSPS) is 16.7. The maximum Gasteiger partial charge on any atom is 0.241 e. The number of carbonyl (C=O) groups excluding carboxylic acids is 2. The molecule has 1 atom stereocenters. The Bertz CT molecular complexity index is 565. The fourth-order valence-corrected chi connectivity index (χ4v) is 3.13. The molecule has 5 nitrogen and oxygen atoms in total. The number of hydrogen-bond donors (Lipinski definition) is 3. The van der Waals surface area contributed by atoms with Gasteiger partial charge in [-0.3, -0.25) is 9.59 Å². The molecule has 132 valence electrons. The minimum absolute atomic E-state index is 0.0784. The van der Waals surface area contributed by atoms with E-state index in [1.165, 1.54) is 6.42 Å². The largest absolute Gasteiger partial charge is 0.326 e. The van der Waals surface area contributed by atoms with Crippen LogP contribution in [0.4, 0.5) is 11.4 Å². The summed E-state index contributed by atoms with van der Waals surface area (Å²) in [5.41, 5.74) is 7.26. The summed E-state index contributed by atoms with van der Waals surface area (Å²) in [6, 6.07) is 6.71. The smallest absolute Gasteiger partial charge is 0.241 e. The van der Waals surface area contributed by atoms with Crippen molar-refractivity contribution in [3.8, 4) is 0 Å². The van der Waals surface area contributed by atoms with Crippen molar-refractivity contribution >= 4 is 23.2 Å². The van der Waals surface area contributed by atoms with Crippen LogP contribution < -0.4 is 16.4 Å². The quantitative estimate of drug-likeness (QED) is 0.745. The summed E-state index contributed by atoms with van der Waals surface area (Å²) < 4.78 is 0. The SMILES string of the molecule is CC(C)C[C@H](N)C(=O)Nc1cccc(NC(=O)C2CCCCC2)c1. The molecule has 0 unspecified atom stereocenters. The van der Waals surface area contributed by atoms with Crippen molar-refractivity contribution in [2.24, 2.45) is 17.6 Å². The molecule has 5 heteroatoms. The zero-order valence-corrected chi connectivity index (χ0v) is 14.7. The summed E-state index contributed by atoms with van der Waals surface area (Å²) in [5.74, 6) is 0.359. The van der Waals surface area contributed by atoms with Crippen LogP contribution in [0.15, 0.2) is 24.3 Å². The van der Waals surface area contributed by atoms with Crippen LogP contribution in [-0.4, -0.2) is 17.9 Å². The Hall–Kier alpha value is -1.88. The van der Waals surface area contributed by atoms with Crippen molar-refractivity contribution < 1.29 is 9.59 Å². The summed E-state index contributed by atoms with van der Waals surface area (Å²) in [7, 11) is 0. The molecule has 0 aliphatic heterocycles. The molecule has 0 aromatic heterocycles. The zero-order chi connectivity index (χ0) is 17.5. The Labute approximate surface area is 144 Å². The predicted molar refractivity (Wildman–Crippen MR) is 97.7 cm³/mol. The molecule has 0 bridgehead atoms. The van der Waals surface area contributed by atoms with E-state index in [4.69, 9.17) is 5.73 Å². The number of benzene rings is 1. The van der Waals surface area contributed by atoms with Crippen LogP contribution in [0.25, 0.3) is 0 Å². The predicted octanol–water partition coefficient (Wildman–Crippen LogP) is 3.52. The highest BCUT2D eigenvalue weighted by Gasteiger charge is 2.21. The van der Waals surface area contributed by atoms with Gasteiger partial charge in [0.25, 0.3) is 0 Å². The maximum absolute atomic E-state index is 12.3. The van der Waals surface area contributed by atoms with Crippen molar-refractivity contribution in [1.82, 2.24) is 0 Å². The second kappa shape index (κ2) is 8.83. The zero-order valence-electron chi connectivity index (χ0n) is 14.7. The van der Waals surface area contributed by atoms with Crippen molar-refractivity contribution in [2.45, 2.75) is 58.4 Å². The van der Waals surface area contributed by atoms with Gasteiger partial charge in [-0.15, -0.1) is 0 Å². The molecule has 1 aromatic rings. The highest BCUT2D eigenvalue weighted by atomic mass is 16.2. The molecular formula is C19H29N3O2. The lowest BCUT2D eigenvalue weighted by Crippen LogP contribution is -2.36. The average molecular weight is 331 g/mol. The van der Waals surface area contributed by atoms with Gasteiger partial charge in [-0.05, 0) is 43.4 Å². The van der Waals surface area contributed by atoms with E-state index in [9.17, 15) is 9.59 Å². The van der Waals surface area contributed by atoms with E-state index in [-0.39, 0.29) is 17.7 Å². The summed E-state index contributed by atoms with van der Waals surface area (Å²) in [4.78, 5) is 24.4. The third-order valence-corrected chi connectivity index (χ3v) is 4.44. The Morgan fingerprint density at radius 2 is 1.75 bits per heavy atom. The molecule has 1 aromatic carbocycles. The monoisotopic (exact) mass is 331 g/mol. The molecule has 24 heavy (non-hydrogen) atoms. The maximum atomic E-state index is 12.3. The van der Waals surface area contributed by atoms with Crippen LogP contribution in [0.3, 0.4) is 0 Å². The van der Waals surface area contributed by atoms with Gasteiger partial charge in [0.15, 0.2) is 0 Å². The minimum atomic E-state index is -0.523. The second-order valence-corrected chi connectivity index (χ2v) is 7.13. The van der Waals surface area contributed by atoms with E-state index >= 15 is 0 Å². The van der Waals surface area contributed by atoms with E-state index in [0.29, 0.717) is 23.7 Å². The molecule has 0 spiro atoms. The number of amides is 2. The van der Waals surface area contributed by atoms with E-state index < -0.39 is 6.04 Å². The summed E-state index contributed by atoms with van der Waals surface area (Å²) >= 11 is 0. The molecular weight excluding hydrogens is 302 g/mol. The first-order chi connectivity index (χ1) is 11.5. The highest BCUT2D eigenvalue weighted by Crippen LogP contribution is 2.25. The molecule has 2 rings (SSSR count). The Morgan fingerprint density at radius 1 is 1.12 bits per heavy atom. The first-order valence-corrected chi connectivity index (χ1v) is 8.93. The van der Waals surface area contributed by atoms with E-state index in [1.807, 2.05) is 26.0 Å². The first kappa shape index (κ1) is 18.5. The van der Waals surface area contributed by atoms with Crippen LogP contribution in [0.2, 0.25) is 0 Å². The fourth-order valence-electron chi connectivity index (χ4n) is 3.13. The van der Waals surface area contributed by atoms with Crippen LogP contribution in [-0.2, 0) is 9.59 Å². The van der Waals surface area contributed by atoms with Crippen LogP contribution in [0.5, 0.6) is 0 Å². The fraction of sp³-hybridized carbons (Fsp3) is 0.579. The first-order valence-electron chi connectivity index (χ1n) is 8.93. The lowest BCUT2D eigenvalue weighted by atomic mass is 9.88. The summed E-state index contributed by atoms with van der Waals surface area (Å²) in [6.45, 7) is 4.07. The lowest BCUT2D eigenvalue weighted by molar-refractivity contribution is -0.120. The highest BCUT2D eigenvalue weighted by molar-refractivity contribution is 5.96. The Kier molecular flexibility index (Phi) is 6.79. The third-order valence-electron chi connectivity index (χ3n) is 4.44. The Morgan fingerprint density at radius 3 is 2.38 bits per heavy atom. The van der Waals surface area contributed by atoms with Gasteiger partial charge in [0.2, 0.25) is 11.8 Å². The van der Waals surface area contributed by atoms with Crippen LogP contribution in [0.1, 0.15) is 52.4 Å². The van der Waals surface area contributed by atoms with Gasteiger partial charge in [-0.25, -0.2) is 0 Å². The van der Waals surface area contributed by atoms with Crippen molar-refractivity contribution in [3.05, 3.63) is 24.3 Å². The van der Waals surface area contributed by atoms with Gasteiger partial charge in [0.1, 0.15) is 0 Å². The Balaban J connectivity index is 1.93. The number of anilines is 2. The molecule has 0 saturated heterocycles. The molecule has 4 N–H and O–H groups in total. The number of rotatable bonds is 6. The number of hydrogen-bond acceptors (Lipinski definition) is 3. The van der Waals surface area contributed by atoms with E-state index in [0.717, 1.165) is 25.7 Å². The molecule has 1 fully saturated rings. The van der Waals surface area contributed by atoms with Gasteiger partial charge in [0.05, 0.1) is 6.04 Å². The molecule has 0 radical (unpaired) electrons. The molecule has 2 amide bonds. The van der Waals surface area contributed by atoms with Gasteiger partial charge < -0.3 is 16.4 Å². The second-order valence-electron chi connectivity index (χ2n) is 7.13. The van der Waals surface area contributed by atoms with Gasteiger partial charge in [-0.2, -0.15) is 0 Å². The number of nitrogens with two attached hydrogens (primary N) is 1. The van der Waals surface area contributed by atoms with E-state index in [1.54, 1.807) is 12.1 Å². The standard InChI is InChI=1S/C19H29N3O2/c1-13(2)11-17(20)19(24)22-16-10-6-9-15(12-16)21-18(23)14-7-4-3-5-8-14/h6,9-10,12-14,17H,3-5,7-8,11,20H2,1-2H3,(H,21,23)(H,22,24)/t17-/m0/s1. The van der Waals surface area contributed by atoms with E-state index in [2.05, 4.69) is 10.6 Å². The topological polar surface area (TPSA) is 84.2 Å². The molecule has 1 saturated carbocycles. The average Bonchev–Trinajstić information content (AvgIpc) is 2.55. The lowest BCUT2D eigenvalue weighted by Gasteiger charge is -2.21. The van der Waals surface area contributed by atoms with Crippen molar-refractivity contribution in [1.29, 1.82) is 0 Å². The number of nitrogens with one attached hydrogen (secondary N) is 2. The van der Waals surface area contributed by atoms with Gasteiger partial charge in [-0.1, -0.05) is 39.2 Å². The van der Waals surface area contributed by atoms with Gasteiger partial charge >= 0.3 is 0 Å². The molecule has 1 aliphatic rings. The van der Waals surface area contributed by atoms with Crippen LogP contribution >= 0.6 is 0 Å². The summed E-state index contributed by atoms with van der Waals surface area (Å²) in [6.07, 6.45) is 6.05. The summed E-state index contributed by atoms with van der Waals surface area (Å²) in [5, 5.41) is 5.79. The minimum Gasteiger partial charge on any atom is -0.326 e. The van der Waals surface area contributed by atoms with Gasteiger partial charge in [0, 0.05) is 17.3 Å². The van der Waals surface area contributed by atoms with Crippen molar-refractivity contribution in [3.63, 3.8) is 0 Å². The third kappa shape index (κ3) is 5.64. The number of carbonyl (C=O) groups is 2. The van der Waals surface area contributed by atoms with Crippen molar-refractivity contribution in [2.75, 3.05) is 10.6 Å². The molecule has 1 aliphatic carbocycles. The molecule has 0 heterocycles.